The first-order chi connectivity index (χ1) is 33.9. The van der Waals surface area contributed by atoms with Gasteiger partial charge in [-0.15, -0.1) is 40.0 Å². The van der Waals surface area contributed by atoms with Crippen LogP contribution in [0.3, 0.4) is 0 Å². The van der Waals surface area contributed by atoms with Gasteiger partial charge in [-0.2, -0.15) is 0 Å². The van der Waals surface area contributed by atoms with Crippen LogP contribution in [0.5, 0.6) is 0 Å². The van der Waals surface area contributed by atoms with Crippen molar-refractivity contribution in [2.75, 3.05) is 11.1 Å². The number of benzene rings is 5. The number of thiazole rings is 1. The Morgan fingerprint density at radius 3 is 1.83 bits per heavy atom. The Balaban J connectivity index is 1.11. The lowest BCUT2D eigenvalue weighted by atomic mass is 9.70. The van der Waals surface area contributed by atoms with Gasteiger partial charge in [0.25, 0.3) is 17.6 Å². The van der Waals surface area contributed by atoms with E-state index in [4.69, 9.17) is 9.47 Å². The van der Waals surface area contributed by atoms with Crippen molar-refractivity contribution in [2.24, 2.45) is 0 Å². The summed E-state index contributed by atoms with van der Waals surface area (Å²) in [5.74, 6) is -3.21. The van der Waals surface area contributed by atoms with Gasteiger partial charge >= 0.3 is 12.1 Å². The van der Waals surface area contributed by atoms with Crippen LogP contribution in [0.4, 0.5) is 9.93 Å². The first kappa shape index (κ1) is 48.1. The molecule has 0 radical (unpaired) electrons. The predicted molar refractivity (Wildman–Crippen MR) is 272 cm³/mol. The molecule has 70 heavy (non-hydrogen) atoms. The number of aromatic nitrogens is 4. The fourth-order valence-corrected chi connectivity index (χ4v) is 13.6. The van der Waals surface area contributed by atoms with Crippen molar-refractivity contribution >= 4 is 81.4 Å². The highest BCUT2D eigenvalue weighted by Gasteiger charge is 2.56. The molecule has 14 nitrogen and oxygen atoms in total. The zero-order valence-electron chi connectivity index (χ0n) is 37.9. The molecule has 1 fully saturated rings. The van der Waals surface area contributed by atoms with Crippen LogP contribution < -0.4 is 10.6 Å². The van der Waals surface area contributed by atoms with E-state index in [9.17, 15) is 19.2 Å². The Labute approximate surface area is 420 Å². The summed E-state index contributed by atoms with van der Waals surface area (Å²) < 4.78 is 11.3. The number of hydrogen-bond acceptors (Lipinski definition) is 14. The summed E-state index contributed by atoms with van der Waals surface area (Å²) in [7, 11) is 0. The predicted octanol–water partition coefficient (Wildman–Crippen LogP) is 9.62. The Hall–Kier alpha value is -6.99. The Kier molecular flexibility index (Phi) is 14.4. The molecule has 2 aromatic heterocycles. The van der Waals surface area contributed by atoms with Crippen molar-refractivity contribution in [3.8, 4) is 0 Å². The molecule has 3 atom stereocenters. The van der Waals surface area contributed by atoms with E-state index in [0.29, 0.717) is 9.93 Å². The van der Waals surface area contributed by atoms with Crippen molar-refractivity contribution in [2.45, 2.75) is 58.9 Å². The number of hydrogen-bond donors (Lipinski definition) is 3. The van der Waals surface area contributed by atoms with E-state index in [1.54, 1.807) is 27.0 Å². The van der Waals surface area contributed by atoms with Crippen molar-refractivity contribution in [3.05, 3.63) is 207 Å². The van der Waals surface area contributed by atoms with Gasteiger partial charge in [0.15, 0.2) is 11.2 Å². The van der Waals surface area contributed by atoms with Gasteiger partial charge in [0, 0.05) is 16.0 Å². The molecule has 0 aliphatic carbocycles. The van der Waals surface area contributed by atoms with Gasteiger partial charge in [-0.3, -0.25) is 29.7 Å². The molecule has 2 aliphatic rings. The molecule has 3 N–H and O–H groups in total. The second kappa shape index (κ2) is 20.9. The number of aromatic amines is 1. The third kappa shape index (κ3) is 10.2. The molecule has 2 aliphatic heterocycles. The van der Waals surface area contributed by atoms with Crippen LogP contribution in [0, 0.1) is 0 Å². The molecule has 0 saturated carbocycles. The molecule has 354 valence electrons. The number of ketones is 1. The number of carbonyl (C=O) groups excluding carboxylic acids is 5. The first-order valence-electron chi connectivity index (χ1n) is 22.1. The first-order valence-corrected chi connectivity index (χ1v) is 25.7. The molecule has 0 spiro atoms. The minimum absolute atomic E-state index is 0.0265. The van der Waals surface area contributed by atoms with Crippen LogP contribution in [-0.4, -0.2) is 82.3 Å². The number of ether oxygens (including phenoxy) is 2. The molecule has 18 heteroatoms. The third-order valence-corrected chi connectivity index (χ3v) is 16.3. The van der Waals surface area contributed by atoms with Crippen LogP contribution in [-0.2, 0) is 29.3 Å². The van der Waals surface area contributed by atoms with E-state index in [1.807, 2.05) is 115 Å². The van der Waals surface area contributed by atoms with Crippen LogP contribution in [0.25, 0.3) is 0 Å². The highest BCUT2D eigenvalue weighted by molar-refractivity contribution is 8.19. The minimum Gasteiger partial charge on any atom is -0.448 e. The lowest BCUT2D eigenvalue weighted by molar-refractivity contribution is -0.154. The molecule has 9 rings (SSSR count). The molecular weight excluding hydrogens is 963 g/mol. The Morgan fingerprint density at radius 2 is 1.31 bits per heavy atom. The molecular formula is C52H45N7O7S4. The van der Waals surface area contributed by atoms with Gasteiger partial charge in [0.05, 0.1) is 16.2 Å². The third-order valence-electron chi connectivity index (χ3n) is 11.3. The van der Waals surface area contributed by atoms with Crippen LogP contribution >= 0.6 is 46.6 Å². The number of esters is 1. The van der Waals surface area contributed by atoms with Crippen molar-refractivity contribution in [1.82, 2.24) is 30.6 Å². The van der Waals surface area contributed by atoms with Crippen LogP contribution in [0.15, 0.2) is 179 Å². The molecule has 7 aromatic rings. The average molecular weight is 1010 g/mol. The lowest BCUT2D eigenvalue weighted by Crippen LogP contribution is -2.71. The number of fused-ring (bicyclic) bond motifs is 1. The maximum absolute atomic E-state index is 15.3. The van der Waals surface area contributed by atoms with E-state index in [0.717, 1.165) is 39.2 Å². The summed E-state index contributed by atoms with van der Waals surface area (Å²) in [4.78, 5) is 75.5. The Morgan fingerprint density at radius 1 is 0.771 bits per heavy atom. The van der Waals surface area contributed by atoms with E-state index >= 15 is 4.79 Å². The van der Waals surface area contributed by atoms with Gasteiger partial charge < -0.3 is 14.8 Å². The van der Waals surface area contributed by atoms with Crippen LogP contribution in [0.1, 0.15) is 65.2 Å². The maximum atomic E-state index is 15.3. The minimum atomic E-state index is -1.18. The molecule has 3 amide bonds. The molecule has 1 unspecified atom stereocenters. The quantitative estimate of drug-likeness (QED) is 0.0158. The van der Waals surface area contributed by atoms with Gasteiger partial charge in [-0.1, -0.05) is 169 Å². The zero-order chi connectivity index (χ0) is 48.8. The summed E-state index contributed by atoms with van der Waals surface area (Å²) in [6.45, 7) is 5.12. The van der Waals surface area contributed by atoms with E-state index < -0.39 is 62.8 Å². The molecule has 4 heterocycles. The summed E-state index contributed by atoms with van der Waals surface area (Å²) in [5.41, 5.74) is 2.48. The summed E-state index contributed by atoms with van der Waals surface area (Å²) >= 11 is 5.20. The number of β-lactam (4-membered cyclic amide) rings is 1. The zero-order valence-corrected chi connectivity index (χ0v) is 41.2. The lowest BCUT2D eigenvalue weighted by Gasteiger charge is -2.50. The van der Waals surface area contributed by atoms with E-state index in [1.165, 1.54) is 45.6 Å². The van der Waals surface area contributed by atoms with Crippen LogP contribution in [0.2, 0.25) is 0 Å². The van der Waals surface area contributed by atoms with E-state index in [2.05, 4.69) is 67.4 Å². The Bertz CT molecular complexity index is 2880. The summed E-state index contributed by atoms with van der Waals surface area (Å²) in [6, 6.07) is 48.0. The number of nitrogens with zero attached hydrogens (tertiary/aromatic N) is 4. The second-order valence-corrected chi connectivity index (χ2v) is 21.6. The second-order valence-electron chi connectivity index (χ2n) is 17.0. The SMILES string of the molecule is CC(C)(C)OC(=O)Nc1nc(C(=O)C(=O)N[C@@H]2C(=O)N3C(C(=O)OC(c4ccccc4)c4ccccc4)=C(SC(Sc4c[nH]nn4)C(c4ccccc4)(c4ccccc4)c4ccccc4)CS[C@@H]23)cs1. The highest BCUT2D eigenvalue weighted by atomic mass is 32.2. The summed E-state index contributed by atoms with van der Waals surface area (Å²) in [5, 5.41) is 17.6. The molecule has 5 aromatic carbocycles. The number of Topliss-reactive ketones (excluding diaryl/α,β-unsaturated/α-hetero) is 1. The largest absolute Gasteiger partial charge is 0.448 e. The van der Waals surface area contributed by atoms with Crippen molar-refractivity contribution < 1.29 is 33.4 Å². The number of amides is 3. The topological polar surface area (TPSA) is 186 Å². The van der Waals surface area contributed by atoms with Crippen molar-refractivity contribution in [1.29, 1.82) is 0 Å². The number of nitrogens with one attached hydrogen (secondary N) is 3. The number of thioether (sulfide) groups is 3. The number of H-pyrrole nitrogens is 1. The average Bonchev–Trinajstić information content (AvgIpc) is 4.08. The maximum Gasteiger partial charge on any atom is 0.413 e. The smallest absolute Gasteiger partial charge is 0.413 e. The number of anilines is 1. The standard InChI is InChI=1S/C52H45N7O7S4/c1-51(2,3)66-50(64)56-49-54-37(30-68-49)42(60)44(61)55-40-45(62)59-41(47(63)65-43(32-19-9-4-10-20-32)33-21-11-5-12-22-33)38(31-67-46(40)59)69-48(70-39-29-53-58-57-39)52(34-23-13-6-14-24-34,35-25-15-7-16-26-35)36-27-17-8-18-28-36/h4-30,40,43,46,48H,31H2,1-3H3,(H,55,61)(H,53,57,58)(H,54,56,64)/t40-,46+,48?/m1/s1. The van der Waals surface area contributed by atoms with Gasteiger partial charge in [0.2, 0.25) is 0 Å². The normalized spacial score (nSPS) is 16.2. The molecule has 1 saturated heterocycles. The van der Waals surface area contributed by atoms with Gasteiger partial charge in [-0.05, 0) is 48.6 Å². The number of carbonyl (C=O) groups is 5. The van der Waals surface area contributed by atoms with E-state index in [-0.39, 0.29) is 22.3 Å². The summed E-state index contributed by atoms with van der Waals surface area (Å²) in [6.07, 6.45) is 0.102. The fraction of sp³-hybridized carbons (Fsp3) is 0.192. The molecule has 0 bridgehead atoms. The number of rotatable bonds is 16. The monoisotopic (exact) mass is 1010 g/mol. The van der Waals surface area contributed by atoms with Gasteiger partial charge in [-0.25, -0.2) is 14.6 Å². The highest BCUT2D eigenvalue weighted by Crippen LogP contribution is 2.56. The van der Waals surface area contributed by atoms with Crippen molar-refractivity contribution in [3.63, 3.8) is 0 Å². The fourth-order valence-electron chi connectivity index (χ4n) is 8.27. The van der Waals surface area contributed by atoms with Gasteiger partial charge in [0.1, 0.15) is 33.4 Å².